The first-order valence-corrected chi connectivity index (χ1v) is 6.96. The van der Waals surface area contributed by atoms with Gasteiger partial charge in [0.05, 0.1) is 13.7 Å². The lowest BCUT2D eigenvalue weighted by Crippen LogP contribution is -2.37. The number of halogens is 1. The first-order valence-electron chi connectivity index (χ1n) is 6.96. The van der Waals surface area contributed by atoms with Crippen LogP contribution in [0.4, 0.5) is 0 Å². The number of rotatable bonds is 7. The van der Waals surface area contributed by atoms with Crippen LogP contribution in [0.2, 0.25) is 0 Å². The predicted octanol–water partition coefficient (Wildman–Crippen LogP) is 2.74. The molecule has 0 heterocycles. The number of hydrogen-bond donors (Lipinski definition) is 1. The number of guanidine groups is 1. The lowest BCUT2D eigenvalue weighted by molar-refractivity contribution is 0.228. The number of aliphatic imine (C=N–C) groups is 1. The maximum absolute atomic E-state index is 5.93. The number of methoxy groups -OCH3 is 1. The van der Waals surface area contributed by atoms with Gasteiger partial charge in [-0.15, -0.1) is 24.0 Å². The van der Waals surface area contributed by atoms with Crippen molar-refractivity contribution >= 4 is 29.9 Å². The van der Waals surface area contributed by atoms with Gasteiger partial charge in [-0.05, 0) is 32.9 Å². The van der Waals surface area contributed by atoms with Crippen molar-refractivity contribution in [2.75, 3.05) is 26.7 Å². The third kappa shape index (κ3) is 6.88. The molecule has 0 radical (unpaired) electrons. The average Bonchev–Trinajstić information content (AvgIpc) is 2.46. The van der Waals surface area contributed by atoms with Gasteiger partial charge < -0.3 is 20.1 Å². The summed E-state index contributed by atoms with van der Waals surface area (Å²) in [6, 6.07) is 7.53. The lowest BCUT2D eigenvalue weighted by Gasteiger charge is -2.20. The van der Waals surface area contributed by atoms with Crippen molar-refractivity contribution in [2.24, 2.45) is 10.7 Å². The van der Waals surface area contributed by atoms with Crippen LogP contribution in [-0.2, 0) is 0 Å². The summed E-state index contributed by atoms with van der Waals surface area (Å²) in [7, 11) is 1.64. The van der Waals surface area contributed by atoms with Crippen molar-refractivity contribution in [1.82, 2.24) is 4.90 Å². The van der Waals surface area contributed by atoms with E-state index in [1.165, 1.54) is 0 Å². The molecule has 0 aliphatic heterocycles. The van der Waals surface area contributed by atoms with Crippen LogP contribution >= 0.6 is 24.0 Å². The molecule has 0 bridgehead atoms. The zero-order valence-corrected chi connectivity index (χ0v) is 15.5. The SMILES string of the molecule is CCN(CC)C(N)=NCC(C)Oc1cccc(OC)c1.I. The number of hydrogen-bond acceptors (Lipinski definition) is 3. The van der Waals surface area contributed by atoms with Crippen molar-refractivity contribution in [3.8, 4) is 11.5 Å². The molecule has 0 aromatic heterocycles. The Balaban J connectivity index is 0.00000400. The number of benzene rings is 1. The summed E-state index contributed by atoms with van der Waals surface area (Å²) in [5.41, 5.74) is 5.93. The highest BCUT2D eigenvalue weighted by Crippen LogP contribution is 2.19. The maximum atomic E-state index is 5.93. The predicted molar refractivity (Wildman–Crippen MR) is 97.9 cm³/mol. The summed E-state index contributed by atoms with van der Waals surface area (Å²) in [5, 5.41) is 0. The summed E-state index contributed by atoms with van der Waals surface area (Å²) in [6.45, 7) is 8.33. The topological polar surface area (TPSA) is 60.1 Å². The molecule has 0 aliphatic rings. The van der Waals surface area contributed by atoms with Gasteiger partial charge in [0.25, 0.3) is 0 Å². The largest absolute Gasteiger partial charge is 0.497 e. The molecule has 0 saturated heterocycles. The second kappa shape index (κ2) is 10.5. The van der Waals surface area contributed by atoms with Crippen molar-refractivity contribution in [3.05, 3.63) is 24.3 Å². The van der Waals surface area contributed by atoms with Gasteiger partial charge in [0, 0.05) is 19.2 Å². The fourth-order valence-electron chi connectivity index (χ4n) is 1.81. The van der Waals surface area contributed by atoms with Gasteiger partial charge in [-0.25, -0.2) is 4.99 Å². The minimum atomic E-state index is -0.0452. The summed E-state index contributed by atoms with van der Waals surface area (Å²) < 4.78 is 11.0. The van der Waals surface area contributed by atoms with Crippen molar-refractivity contribution in [1.29, 1.82) is 0 Å². The molecule has 0 aliphatic carbocycles. The Hall–Kier alpha value is -1.18. The molecule has 6 heteroatoms. The molecule has 1 unspecified atom stereocenters. The molecular formula is C15H26IN3O2. The quantitative estimate of drug-likeness (QED) is 0.429. The Morgan fingerprint density at radius 2 is 1.90 bits per heavy atom. The summed E-state index contributed by atoms with van der Waals surface area (Å²) in [6.07, 6.45) is -0.0452. The van der Waals surface area contributed by atoms with Gasteiger partial charge in [0.1, 0.15) is 17.6 Å². The minimum absolute atomic E-state index is 0. The molecule has 1 aromatic rings. The van der Waals surface area contributed by atoms with E-state index < -0.39 is 0 Å². The molecule has 120 valence electrons. The molecule has 0 fully saturated rings. The zero-order valence-electron chi connectivity index (χ0n) is 13.2. The Labute approximate surface area is 144 Å². The van der Waals surface area contributed by atoms with Crippen LogP contribution in [-0.4, -0.2) is 43.7 Å². The standard InChI is InChI=1S/C15H25N3O2.HI/c1-5-18(6-2)15(16)17-11-12(3)20-14-9-7-8-13(10-14)19-4;/h7-10,12H,5-6,11H2,1-4H3,(H2,16,17);1H. The van der Waals surface area contributed by atoms with Gasteiger partial charge in [0.15, 0.2) is 5.96 Å². The summed E-state index contributed by atoms with van der Waals surface area (Å²) in [5.74, 6) is 2.12. The number of ether oxygens (including phenoxy) is 2. The maximum Gasteiger partial charge on any atom is 0.191 e. The van der Waals surface area contributed by atoms with Crippen LogP contribution in [0.25, 0.3) is 0 Å². The Morgan fingerprint density at radius 1 is 1.29 bits per heavy atom. The van der Waals surface area contributed by atoms with Gasteiger partial charge in [0.2, 0.25) is 0 Å². The van der Waals surface area contributed by atoms with E-state index in [9.17, 15) is 0 Å². The second-order valence-corrected chi connectivity index (χ2v) is 4.48. The normalized spacial score (nSPS) is 12.3. The molecule has 21 heavy (non-hydrogen) atoms. The smallest absolute Gasteiger partial charge is 0.191 e. The van der Waals surface area contributed by atoms with E-state index in [1.54, 1.807) is 7.11 Å². The lowest BCUT2D eigenvalue weighted by atomic mass is 10.3. The van der Waals surface area contributed by atoms with Crippen LogP contribution in [0.15, 0.2) is 29.3 Å². The number of nitrogens with zero attached hydrogens (tertiary/aromatic N) is 2. The third-order valence-corrected chi connectivity index (χ3v) is 2.98. The van der Waals surface area contributed by atoms with Crippen LogP contribution < -0.4 is 15.2 Å². The van der Waals surface area contributed by atoms with Crippen LogP contribution in [0.3, 0.4) is 0 Å². The van der Waals surface area contributed by atoms with E-state index in [4.69, 9.17) is 15.2 Å². The monoisotopic (exact) mass is 407 g/mol. The number of nitrogens with two attached hydrogens (primary N) is 1. The fraction of sp³-hybridized carbons (Fsp3) is 0.533. The molecule has 0 spiro atoms. The third-order valence-electron chi connectivity index (χ3n) is 2.98. The van der Waals surface area contributed by atoms with Gasteiger partial charge >= 0.3 is 0 Å². The van der Waals surface area contributed by atoms with E-state index >= 15 is 0 Å². The van der Waals surface area contributed by atoms with E-state index in [2.05, 4.69) is 18.8 Å². The molecule has 5 nitrogen and oxygen atoms in total. The van der Waals surface area contributed by atoms with Crippen molar-refractivity contribution in [2.45, 2.75) is 26.9 Å². The van der Waals surface area contributed by atoms with E-state index in [1.807, 2.05) is 36.1 Å². The van der Waals surface area contributed by atoms with Crippen LogP contribution in [0, 0.1) is 0 Å². The van der Waals surface area contributed by atoms with E-state index in [-0.39, 0.29) is 30.1 Å². The summed E-state index contributed by atoms with van der Waals surface area (Å²) >= 11 is 0. The molecular weight excluding hydrogens is 381 g/mol. The first kappa shape index (κ1) is 19.8. The van der Waals surface area contributed by atoms with E-state index in [0.29, 0.717) is 12.5 Å². The molecule has 0 saturated carbocycles. The molecule has 0 amide bonds. The van der Waals surface area contributed by atoms with Crippen LogP contribution in [0.5, 0.6) is 11.5 Å². The zero-order chi connectivity index (χ0) is 15.0. The molecule has 1 rings (SSSR count). The molecule has 2 N–H and O–H groups in total. The highest BCUT2D eigenvalue weighted by atomic mass is 127. The first-order chi connectivity index (χ1) is 9.60. The van der Waals surface area contributed by atoms with Crippen molar-refractivity contribution < 1.29 is 9.47 Å². The van der Waals surface area contributed by atoms with Crippen molar-refractivity contribution in [3.63, 3.8) is 0 Å². The van der Waals surface area contributed by atoms with E-state index in [0.717, 1.165) is 24.6 Å². The van der Waals surface area contributed by atoms with Gasteiger partial charge in [-0.2, -0.15) is 0 Å². The molecule has 1 atom stereocenters. The Bertz CT molecular complexity index is 437. The fourth-order valence-corrected chi connectivity index (χ4v) is 1.81. The average molecular weight is 407 g/mol. The van der Waals surface area contributed by atoms with Crippen LogP contribution in [0.1, 0.15) is 20.8 Å². The highest BCUT2D eigenvalue weighted by molar-refractivity contribution is 14.0. The molecule has 1 aromatic carbocycles. The Kier molecular flexibility index (Phi) is 9.94. The summed E-state index contributed by atoms with van der Waals surface area (Å²) in [4.78, 5) is 6.38. The van der Waals surface area contributed by atoms with Gasteiger partial charge in [-0.3, -0.25) is 0 Å². The highest BCUT2D eigenvalue weighted by Gasteiger charge is 2.06. The Morgan fingerprint density at radius 3 is 2.48 bits per heavy atom. The second-order valence-electron chi connectivity index (χ2n) is 4.48. The minimum Gasteiger partial charge on any atom is -0.497 e. The van der Waals surface area contributed by atoms with Gasteiger partial charge in [-0.1, -0.05) is 6.07 Å².